The SMILES string of the molecule is CN(Cc1cccc(Cl)c1Cl)C(=O)c1ccc(Br)cn1. The normalized spacial score (nSPS) is 10.4. The van der Waals surface area contributed by atoms with E-state index in [2.05, 4.69) is 20.9 Å². The van der Waals surface area contributed by atoms with E-state index >= 15 is 0 Å². The Hall–Kier alpha value is -1.10. The van der Waals surface area contributed by atoms with Crippen LogP contribution in [0.2, 0.25) is 10.0 Å². The molecule has 0 saturated carbocycles. The standard InChI is InChI=1S/C14H11BrCl2N2O/c1-19(8-9-3-2-4-11(16)13(9)17)14(20)12-6-5-10(15)7-18-12/h2-7H,8H2,1H3. The first-order valence-electron chi connectivity index (χ1n) is 5.79. The van der Waals surface area contributed by atoms with E-state index in [0.29, 0.717) is 22.3 Å². The highest BCUT2D eigenvalue weighted by atomic mass is 79.9. The number of rotatable bonds is 3. The maximum Gasteiger partial charge on any atom is 0.272 e. The molecule has 2 aromatic rings. The van der Waals surface area contributed by atoms with Crippen molar-refractivity contribution in [3.63, 3.8) is 0 Å². The van der Waals surface area contributed by atoms with Gasteiger partial charge in [0.05, 0.1) is 10.0 Å². The molecule has 3 nitrogen and oxygen atoms in total. The fourth-order valence-electron chi connectivity index (χ4n) is 1.70. The number of aromatic nitrogens is 1. The van der Waals surface area contributed by atoms with Gasteiger partial charge in [0.2, 0.25) is 0 Å². The van der Waals surface area contributed by atoms with Crippen LogP contribution in [0.1, 0.15) is 16.1 Å². The minimum Gasteiger partial charge on any atom is -0.336 e. The Labute approximate surface area is 135 Å². The summed E-state index contributed by atoms with van der Waals surface area (Å²) in [5, 5.41) is 0.948. The van der Waals surface area contributed by atoms with Crippen molar-refractivity contribution in [2.45, 2.75) is 6.54 Å². The lowest BCUT2D eigenvalue weighted by Crippen LogP contribution is -2.27. The third-order valence-corrected chi connectivity index (χ3v) is 4.06. The summed E-state index contributed by atoms with van der Waals surface area (Å²) in [5.74, 6) is -0.173. The average Bonchev–Trinajstić information content (AvgIpc) is 2.44. The van der Waals surface area contributed by atoms with Gasteiger partial charge in [0.25, 0.3) is 5.91 Å². The van der Waals surface area contributed by atoms with Gasteiger partial charge < -0.3 is 4.90 Å². The molecule has 0 spiro atoms. The molecule has 104 valence electrons. The van der Waals surface area contributed by atoms with Crippen molar-refractivity contribution in [3.8, 4) is 0 Å². The minimum atomic E-state index is -0.173. The summed E-state index contributed by atoms with van der Waals surface area (Å²) in [6.45, 7) is 0.371. The predicted molar refractivity (Wildman–Crippen MR) is 84.2 cm³/mol. The number of carbonyl (C=O) groups excluding carboxylic acids is 1. The Morgan fingerprint density at radius 1 is 1.30 bits per heavy atom. The van der Waals surface area contributed by atoms with E-state index < -0.39 is 0 Å². The van der Waals surface area contributed by atoms with Gasteiger partial charge in [-0.25, -0.2) is 4.98 Å². The van der Waals surface area contributed by atoms with E-state index in [1.54, 1.807) is 42.4 Å². The molecule has 0 unspecified atom stereocenters. The van der Waals surface area contributed by atoms with Crippen LogP contribution in [0.4, 0.5) is 0 Å². The molecule has 0 radical (unpaired) electrons. The molecule has 0 atom stereocenters. The Morgan fingerprint density at radius 3 is 2.70 bits per heavy atom. The summed E-state index contributed by atoms with van der Waals surface area (Å²) in [6, 6.07) is 8.81. The van der Waals surface area contributed by atoms with Crippen LogP contribution in [0.5, 0.6) is 0 Å². The molecule has 0 aliphatic heterocycles. The number of hydrogen-bond acceptors (Lipinski definition) is 2. The molecule has 20 heavy (non-hydrogen) atoms. The topological polar surface area (TPSA) is 33.2 Å². The molecule has 1 aromatic heterocycles. The molecule has 0 fully saturated rings. The second-order valence-electron chi connectivity index (χ2n) is 4.24. The number of benzene rings is 1. The van der Waals surface area contributed by atoms with E-state index in [-0.39, 0.29) is 5.91 Å². The zero-order chi connectivity index (χ0) is 14.7. The first kappa shape index (κ1) is 15.3. The number of carbonyl (C=O) groups is 1. The number of amides is 1. The molecular weight excluding hydrogens is 363 g/mol. The lowest BCUT2D eigenvalue weighted by molar-refractivity contribution is 0.0779. The molecule has 6 heteroatoms. The van der Waals surface area contributed by atoms with Crippen molar-refractivity contribution in [2.24, 2.45) is 0 Å². The van der Waals surface area contributed by atoms with Crippen molar-refractivity contribution in [1.29, 1.82) is 0 Å². The first-order valence-corrected chi connectivity index (χ1v) is 7.34. The van der Waals surface area contributed by atoms with E-state index in [0.717, 1.165) is 10.0 Å². The predicted octanol–water partition coefficient (Wildman–Crippen LogP) is 4.42. The maximum atomic E-state index is 12.2. The Balaban J connectivity index is 2.15. The van der Waals surface area contributed by atoms with Crippen LogP contribution < -0.4 is 0 Å². The number of halogens is 3. The largest absolute Gasteiger partial charge is 0.336 e. The van der Waals surface area contributed by atoms with Crippen LogP contribution >= 0.6 is 39.1 Å². The summed E-state index contributed by atoms with van der Waals surface area (Å²) in [6.07, 6.45) is 1.59. The minimum absolute atomic E-state index is 0.173. The van der Waals surface area contributed by atoms with Gasteiger partial charge in [-0.15, -0.1) is 0 Å². The molecule has 2 rings (SSSR count). The van der Waals surface area contributed by atoms with Gasteiger partial charge in [-0.2, -0.15) is 0 Å². The van der Waals surface area contributed by atoms with Crippen molar-refractivity contribution >= 4 is 45.0 Å². The molecule has 0 N–H and O–H groups in total. The molecule has 1 heterocycles. The molecule has 0 saturated heterocycles. The highest BCUT2D eigenvalue weighted by Gasteiger charge is 2.15. The fraction of sp³-hybridized carbons (Fsp3) is 0.143. The molecular formula is C14H11BrCl2N2O. The number of pyridine rings is 1. The van der Waals surface area contributed by atoms with Crippen LogP contribution in [-0.4, -0.2) is 22.8 Å². The van der Waals surface area contributed by atoms with Crippen LogP contribution in [0, 0.1) is 0 Å². The summed E-state index contributed by atoms with van der Waals surface area (Å²) in [4.78, 5) is 17.9. The van der Waals surface area contributed by atoms with Gasteiger partial charge in [-0.1, -0.05) is 35.3 Å². The smallest absolute Gasteiger partial charge is 0.272 e. The zero-order valence-electron chi connectivity index (χ0n) is 10.6. The van der Waals surface area contributed by atoms with E-state index in [4.69, 9.17) is 23.2 Å². The van der Waals surface area contributed by atoms with E-state index in [9.17, 15) is 4.79 Å². The number of hydrogen-bond donors (Lipinski definition) is 0. The van der Waals surface area contributed by atoms with Crippen LogP contribution in [0.25, 0.3) is 0 Å². The van der Waals surface area contributed by atoms with Gasteiger partial charge in [0, 0.05) is 24.3 Å². The maximum absolute atomic E-state index is 12.2. The number of nitrogens with zero attached hydrogens (tertiary/aromatic N) is 2. The second-order valence-corrected chi connectivity index (χ2v) is 5.94. The van der Waals surface area contributed by atoms with Gasteiger partial charge in [0.1, 0.15) is 5.69 Å². The molecule has 0 bridgehead atoms. The van der Waals surface area contributed by atoms with Crippen molar-refractivity contribution in [1.82, 2.24) is 9.88 Å². The fourth-order valence-corrected chi connectivity index (χ4v) is 2.31. The third kappa shape index (κ3) is 3.51. The van der Waals surface area contributed by atoms with Crippen LogP contribution in [0.3, 0.4) is 0 Å². The van der Waals surface area contributed by atoms with Gasteiger partial charge >= 0.3 is 0 Å². The van der Waals surface area contributed by atoms with E-state index in [1.165, 1.54) is 0 Å². The summed E-state index contributed by atoms with van der Waals surface area (Å²) in [5.41, 5.74) is 1.18. The lowest BCUT2D eigenvalue weighted by Gasteiger charge is -2.18. The average molecular weight is 374 g/mol. The van der Waals surface area contributed by atoms with E-state index in [1.807, 2.05) is 6.07 Å². The zero-order valence-corrected chi connectivity index (χ0v) is 13.7. The first-order chi connectivity index (χ1) is 9.49. The third-order valence-electron chi connectivity index (χ3n) is 2.73. The molecule has 0 aliphatic rings. The van der Waals surface area contributed by atoms with Crippen molar-refractivity contribution in [2.75, 3.05) is 7.05 Å². The summed E-state index contributed by atoms with van der Waals surface area (Å²) < 4.78 is 0.828. The molecule has 1 aromatic carbocycles. The lowest BCUT2D eigenvalue weighted by atomic mass is 10.2. The Morgan fingerprint density at radius 2 is 2.05 bits per heavy atom. The van der Waals surface area contributed by atoms with Gasteiger partial charge in [-0.05, 0) is 39.7 Å². The molecule has 1 amide bonds. The van der Waals surface area contributed by atoms with Gasteiger partial charge in [0.15, 0.2) is 0 Å². The van der Waals surface area contributed by atoms with Crippen LogP contribution in [0.15, 0.2) is 41.0 Å². The quantitative estimate of drug-likeness (QED) is 0.797. The summed E-state index contributed by atoms with van der Waals surface area (Å²) >= 11 is 15.4. The highest BCUT2D eigenvalue weighted by molar-refractivity contribution is 9.10. The summed E-state index contributed by atoms with van der Waals surface area (Å²) in [7, 11) is 1.70. The Kier molecular flexibility index (Phi) is 5.02. The highest BCUT2D eigenvalue weighted by Crippen LogP contribution is 2.26. The van der Waals surface area contributed by atoms with Gasteiger partial charge in [-0.3, -0.25) is 4.79 Å². The van der Waals surface area contributed by atoms with Crippen molar-refractivity contribution in [3.05, 3.63) is 62.3 Å². The second kappa shape index (κ2) is 6.57. The Bertz CT molecular complexity index is 632. The monoisotopic (exact) mass is 372 g/mol. The molecule has 0 aliphatic carbocycles. The van der Waals surface area contributed by atoms with Crippen molar-refractivity contribution < 1.29 is 4.79 Å². The van der Waals surface area contributed by atoms with Crippen LogP contribution in [-0.2, 0) is 6.54 Å².